The smallest absolute Gasteiger partial charge is 0.418 e. The van der Waals surface area contributed by atoms with Gasteiger partial charge in [-0.3, -0.25) is 0 Å². The van der Waals surface area contributed by atoms with E-state index >= 15 is 0 Å². The largest absolute Gasteiger partial charge is 0.465 e. The number of hydrogen-bond donors (Lipinski definition) is 2. The summed E-state index contributed by atoms with van der Waals surface area (Å²) >= 11 is 0. The fourth-order valence-corrected chi connectivity index (χ4v) is 4.51. The summed E-state index contributed by atoms with van der Waals surface area (Å²) in [6.07, 6.45) is -2.17. The van der Waals surface area contributed by atoms with Gasteiger partial charge < -0.3 is 20.1 Å². The molecule has 2 aliphatic rings. The van der Waals surface area contributed by atoms with Crippen LogP contribution in [0.2, 0.25) is 0 Å². The van der Waals surface area contributed by atoms with Crippen LogP contribution in [0.3, 0.4) is 0 Å². The second-order valence-corrected chi connectivity index (χ2v) is 8.12. The van der Waals surface area contributed by atoms with Gasteiger partial charge in [-0.2, -0.15) is 13.2 Å². The lowest BCUT2D eigenvalue weighted by molar-refractivity contribution is -0.137. The summed E-state index contributed by atoms with van der Waals surface area (Å²) in [5.41, 5.74) is -0.801. The Morgan fingerprint density at radius 2 is 1.90 bits per heavy atom. The molecule has 1 spiro atoms. The Kier molecular flexibility index (Phi) is 5.69. The third-order valence-electron chi connectivity index (χ3n) is 6.32. The molecule has 0 bridgehead atoms. The molecule has 0 radical (unpaired) electrons. The van der Waals surface area contributed by atoms with Crippen LogP contribution in [0, 0.1) is 11.3 Å². The Hall–Kier alpha value is -2.45. The summed E-state index contributed by atoms with van der Waals surface area (Å²) in [4.78, 5) is 24.2. The highest BCUT2D eigenvalue weighted by Crippen LogP contribution is 2.54. The summed E-state index contributed by atoms with van der Waals surface area (Å²) in [6, 6.07) is 2.97. The number of rotatable bonds is 4. The summed E-state index contributed by atoms with van der Waals surface area (Å²) in [5, 5.41) is 12.0. The number of halogens is 3. The van der Waals surface area contributed by atoms with Crippen LogP contribution in [0.4, 0.5) is 23.7 Å². The predicted molar refractivity (Wildman–Crippen MR) is 99.9 cm³/mol. The van der Waals surface area contributed by atoms with E-state index in [1.54, 1.807) is 0 Å². The van der Waals surface area contributed by atoms with Crippen LogP contribution in [-0.4, -0.2) is 48.3 Å². The van der Waals surface area contributed by atoms with E-state index in [0.29, 0.717) is 13.1 Å². The Balaban J connectivity index is 1.67. The average Bonchev–Trinajstić information content (AvgIpc) is 2.64. The molecule has 1 aliphatic heterocycles. The number of ether oxygens (including phenoxy) is 1. The molecule has 29 heavy (non-hydrogen) atoms. The number of anilines is 1. The van der Waals surface area contributed by atoms with Gasteiger partial charge in [0.15, 0.2) is 0 Å². The van der Waals surface area contributed by atoms with E-state index in [0.717, 1.165) is 37.8 Å². The normalized spacial score (nSPS) is 20.1. The molecule has 1 saturated carbocycles. The maximum atomic E-state index is 13.4. The van der Waals surface area contributed by atoms with Crippen molar-refractivity contribution in [2.75, 3.05) is 25.5 Å². The van der Waals surface area contributed by atoms with Crippen molar-refractivity contribution in [1.82, 2.24) is 4.90 Å². The number of carbonyl (C=O) groups is 2. The van der Waals surface area contributed by atoms with Crippen LogP contribution >= 0.6 is 0 Å². The molecule has 0 unspecified atom stereocenters. The highest BCUT2D eigenvalue weighted by Gasteiger charge is 2.48. The Morgan fingerprint density at radius 3 is 2.41 bits per heavy atom. The topological polar surface area (TPSA) is 78.9 Å². The molecule has 9 heteroatoms. The zero-order valence-electron chi connectivity index (χ0n) is 16.4. The number of nitrogens with zero attached hydrogens (tertiary/aromatic N) is 1. The summed E-state index contributed by atoms with van der Waals surface area (Å²) in [6.45, 7) is 2.85. The molecule has 3 rings (SSSR count). The van der Waals surface area contributed by atoms with Crippen molar-refractivity contribution in [3.63, 3.8) is 0 Å². The highest BCUT2D eigenvalue weighted by molar-refractivity contribution is 5.90. The lowest BCUT2D eigenvalue weighted by Crippen LogP contribution is -2.51. The van der Waals surface area contributed by atoms with Gasteiger partial charge in [0, 0.05) is 24.8 Å². The molecule has 6 nitrogen and oxygen atoms in total. The second-order valence-electron chi connectivity index (χ2n) is 8.12. The standard InChI is InChI=1S/C20H25F3N2O4/c1-12(14-10-19(11-14)5-7-25(8-6-19)18(27)28)24-16-9-13(17(26)29-2)3-4-15(16)20(21,22)23/h3-4,9,12,14,24H,5-8,10-11H2,1-2H3,(H,27,28)/t12-/m0/s1. The Morgan fingerprint density at radius 1 is 1.28 bits per heavy atom. The molecule has 1 saturated heterocycles. The first-order valence-electron chi connectivity index (χ1n) is 9.59. The molecule has 2 N–H and O–H groups in total. The molecule has 1 atom stereocenters. The molecule has 1 aliphatic carbocycles. The number of amides is 1. The first-order valence-corrected chi connectivity index (χ1v) is 9.59. The van der Waals surface area contributed by atoms with Gasteiger partial charge in [0.05, 0.1) is 18.2 Å². The van der Waals surface area contributed by atoms with E-state index in [1.807, 2.05) is 6.92 Å². The van der Waals surface area contributed by atoms with Gasteiger partial charge in [0.1, 0.15) is 0 Å². The Bertz CT molecular complexity index is 780. The number of nitrogens with one attached hydrogen (secondary N) is 1. The molecule has 1 amide bonds. The number of benzene rings is 1. The van der Waals surface area contributed by atoms with Crippen molar-refractivity contribution in [2.24, 2.45) is 11.3 Å². The molecule has 160 valence electrons. The van der Waals surface area contributed by atoms with Crippen LogP contribution in [0.5, 0.6) is 0 Å². The van der Waals surface area contributed by atoms with E-state index in [9.17, 15) is 22.8 Å². The van der Waals surface area contributed by atoms with E-state index < -0.39 is 23.8 Å². The minimum absolute atomic E-state index is 0.0568. The lowest BCUT2D eigenvalue weighted by Gasteiger charge is -2.53. The summed E-state index contributed by atoms with van der Waals surface area (Å²) in [7, 11) is 1.18. The first kappa shape index (κ1) is 21.3. The number of alkyl halides is 3. The second kappa shape index (κ2) is 7.76. The zero-order valence-corrected chi connectivity index (χ0v) is 16.4. The fraction of sp³-hybridized carbons (Fsp3) is 0.600. The van der Waals surface area contributed by atoms with Crippen molar-refractivity contribution in [2.45, 2.75) is 44.8 Å². The quantitative estimate of drug-likeness (QED) is 0.711. The third-order valence-corrected chi connectivity index (χ3v) is 6.32. The number of likely N-dealkylation sites (tertiary alicyclic amines) is 1. The van der Waals surface area contributed by atoms with Crippen molar-refractivity contribution in [3.05, 3.63) is 29.3 Å². The van der Waals surface area contributed by atoms with Crippen LogP contribution in [0.25, 0.3) is 0 Å². The minimum Gasteiger partial charge on any atom is -0.465 e. The van der Waals surface area contributed by atoms with Gasteiger partial charge in [-0.05, 0) is 62.1 Å². The van der Waals surface area contributed by atoms with Crippen LogP contribution in [-0.2, 0) is 10.9 Å². The van der Waals surface area contributed by atoms with E-state index in [1.165, 1.54) is 18.1 Å². The predicted octanol–water partition coefficient (Wildman–Crippen LogP) is 4.46. The maximum Gasteiger partial charge on any atom is 0.418 e. The van der Waals surface area contributed by atoms with Gasteiger partial charge >= 0.3 is 18.2 Å². The molecule has 1 aromatic carbocycles. The fourth-order valence-electron chi connectivity index (χ4n) is 4.51. The average molecular weight is 414 g/mol. The zero-order chi connectivity index (χ0) is 21.4. The van der Waals surface area contributed by atoms with Crippen molar-refractivity contribution in [1.29, 1.82) is 0 Å². The molecular weight excluding hydrogens is 389 g/mol. The first-order chi connectivity index (χ1) is 13.5. The van der Waals surface area contributed by atoms with Crippen LogP contribution in [0.15, 0.2) is 18.2 Å². The number of esters is 1. The van der Waals surface area contributed by atoms with Gasteiger partial charge in [0.2, 0.25) is 0 Å². The molecule has 2 fully saturated rings. The maximum absolute atomic E-state index is 13.4. The van der Waals surface area contributed by atoms with E-state index in [-0.39, 0.29) is 28.6 Å². The van der Waals surface area contributed by atoms with Crippen molar-refractivity contribution in [3.8, 4) is 0 Å². The number of carboxylic acid groups (broad SMARTS) is 1. The van der Waals surface area contributed by atoms with Gasteiger partial charge in [-0.15, -0.1) is 0 Å². The molecule has 1 aromatic rings. The van der Waals surface area contributed by atoms with Gasteiger partial charge in [-0.25, -0.2) is 9.59 Å². The number of carbonyl (C=O) groups excluding carboxylic acids is 1. The minimum atomic E-state index is -4.54. The third kappa shape index (κ3) is 4.43. The van der Waals surface area contributed by atoms with Gasteiger partial charge in [0.25, 0.3) is 0 Å². The van der Waals surface area contributed by atoms with Gasteiger partial charge in [-0.1, -0.05) is 0 Å². The molecule has 1 heterocycles. The van der Waals surface area contributed by atoms with Crippen LogP contribution in [0.1, 0.15) is 48.5 Å². The number of piperidine rings is 1. The van der Waals surface area contributed by atoms with E-state index in [2.05, 4.69) is 10.1 Å². The van der Waals surface area contributed by atoms with Crippen LogP contribution < -0.4 is 5.32 Å². The summed E-state index contributed by atoms with van der Waals surface area (Å²) in [5.74, 6) is -0.503. The number of hydrogen-bond acceptors (Lipinski definition) is 4. The molecule has 0 aromatic heterocycles. The summed E-state index contributed by atoms with van der Waals surface area (Å²) < 4.78 is 44.8. The van der Waals surface area contributed by atoms with E-state index in [4.69, 9.17) is 5.11 Å². The van der Waals surface area contributed by atoms with Crippen molar-refractivity contribution >= 4 is 17.7 Å². The lowest BCUT2D eigenvalue weighted by atomic mass is 9.56. The SMILES string of the molecule is COC(=O)c1ccc(C(F)(F)F)c(N[C@@H](C)C2CC3(CCN(C(=O)O)CC3)C2)c1. The number of methoxy groups -OCH3 is 1. The Labute approximate surface area is 167 Å². The monoisotopic (exact) mass is 414 g/mol. The van der Waals surface area contributed by atoms with Crippen molar-refractivity contribution < 1.29 is 32.6 Å². The highest BCUT2D eigenvalue weighted by atomic mass is 19.4. The molecular formula is C20H25F3N2O4.